The number of sulfonamides is 1. The van der Waals surface area contributed by atoms with Crippen molar-refractivity contribution in [2.24, 2.45) is 5.92 Å². The van der Waals surface area contributed by atoms with Gasteiger partial charge in [0.2, 0.25) is 10.0 Å². The van der Waals surface area contributed by atoms with Gasteiger partial charge < -0.3 is 5.73 Å². The van der Waals surface area contributed by atoms with Crippen molar-refractivity contribution in [2.45, 2.75) is 50.0 Å². The minimum Gasteiger partial charge on any atom is -0.398 e. The molecule has 1 fully saturated rings. The van der Waals surface area contributed by atoms with Crippen LogP contribution >= 0.6 is 0 Å². The summed E-state index contributed by atoms with van der Waals surface area (Å²) in [4.78, 5) is -0.180. The molecule has 1 aromatic rings. The maximum Gasteiger partial charge on any atom is 0.242 e. The van der Waals surface area contributed by atoms with Gasteiger partial charge in [0.05, 0.1) is 5.69 Å². The Kier molecular flexibility index (Phi) is 4.65. The van der Waals surface area contributed by atoms with Gasteiger partial charge in [0.25, 0.3) is 0 Å². The first-order chi connectivity index (χ1) is 9.40. The summed E-state index contributed by atoms with van der Waals surface area (Å²) in [5.41, 5.74) is 5.71. The minimum absolute atomic E-state index is 0.0646. The lowest BCUT2D eigenvalue weighted by atomic mass is 9.85. The highest BCUT2D eigenvalue weighted by atomic mass is 32.2. The third-order valence-corrected chi connectivity index (χ3v) is 5.58. The van der Waals surface area contributed by atoms with Crippen molar-refractivity contribution in [2.75, 3.05) is 5.73 Å². The molecule has 0 spiro atoms. The lowest BCUT2D eigenvalue weighted by Gasteiger charge is -2.28. The van der Waals surface area contributed by atoms with Crippen molar-refractivity contribution in [1.29, 1.82) is 0 Å². The Morgan fingerprint density at radius 3 is 2.60 bits per heavy atom. The number of benzene rings is 1. The fourth-order valence-corrected chi connectivity index (χ4v) is 4.23. The molecule has 1 aliphatic carbocycles. The molecule has 4 nitrogen and oxygen atoms in total. The zero-order valence-corrected chi connectivity index (χ0v) is 12.4. The van der Waals surface area contributed by atoms with E-state index >= 15 is 0 Å². The summed E-state index contributed by atoms with van der Waals surface area (Å²) >= 11 is 0. The van der Waals surface area contributed by atoms with Crippen LogP contribution in [0.2, 0.25) is 0 Å². The first-order valence-electron chi connectivity index (χ1n) is 6.97. The van der Waals surface area contributed by atoms with Gasteiger partial charge in [-0.05, 0) is 43.9 Å². The second-order valence-electron chi connectivity index (χ2n) is 5.49. The first-order valence-corrected chi connectivity index (χ1v) is 8.46. The molecule has 20 heavy (non-hydrogen) atoms. The average Bonchev–Trinajstić information content (AvgIpc) is 2.42. The predicted octanol–water partition coefficient (Wildman–Crippen LogP) is 2.66. The molecule has 0 aromatic heterocycles. The molecule has 3 N–H and O–H groups in total. The van der Waals surface area contributed by atoms with E-state index in [2.05, 4.69) is 4.72 Å². The van der Waals surface area contributed by atoms with E-state index in [1.54, 1.807) is 0 Å². The van der Waals surface area contributed by atoms with Crippen molar-refractivity contribution in [3.8, 4) is 0 Å². The van der Waals surface area contributed by atoms with E-state index in [1.165, 1.54) is 12.5 Å². The molecule has 0 aliphatic heterocycles. The Morgan fingerprint density at radius 2 is 1.95 bits per heavy atom. The molecule has 0 amide bonds. The molecule has 0 radical (unpaired) electrons. The number of halogens is 1. The van der Waals surface area contributed by atoms with E-state index in [9.17, 15) is 12.8 Å². The van der Waals surface area contributed by atoms with Gasteiger partial charge in [0.15, 0.2) is 0 Å². The number of nitrogens with one attached hydrogen (secondary N) is 1. The summed E-state index contributed by atoms with van der Waals surface area (Å²) in [6.45, 7) is 1.86. The van der Waals surface area contributed by atoms with Gasteiger partial charge >= 0.3 is 0 Å². The largest absolute Gasteiger partial charge is 0.398 e. The third kappa shape index (κ3) is 3.49. The maximum atomic E-state index is 13.2. The minimum atomic E-state index is -3.78. The molecule has 0 saturated heterocycles. The van der Waals surface area contributed by atoms with E-state index in [0.29, 0.717) is 5.92 Å². The topological polar surface area (TPSA) is 72.2 Å². The van der Waals surface area contributed by atoms with Gasteiger partial charge in [0, 0.05) is 6.04 Å². The summed E-state index contributed by atoms with van der Waals surface area (Å²) in [5, 5.41) is 0. The Bertz CT molecular complexity index is 569. The van der Waals surface area contributed by atoms with Crippen LogP contribution in [0.1, 0.15) is 39.0 Å². The molecular formula is C14H21FN2O2S. The van der Waals surface area contributed by atoms with Crippen molar-refractivity contribution < 1.29 is 12.8 Å². The number of nitrogen functional groups attached to an aromatic ring is 1. The number of hydrogen-bond acceptors (Lipinski definition) is 3. The van der Waals surface area contributed by atoms with Crippen LogP contribution in [0.3, 0.4) is 0 Å². The smallest absolute Gasteiger partial charge is 0.242 e. The van der Waals surface area contributed by atoms with Gasteiger partial charge in [-0.3, -0.25) is 0 Å². The second kappa shape index (κ2) is 6.10. The van der Waals surface area contributed by atoms with Crippen molar-refractivity contribution >= 4 is 15.7 Å². The molecule has 1 atom stereocenters. The molecule has 2 rings (SSSR count). The van der Waals surface area contributed by atoms with E-state index in [1.807, 2.05) is 6.92 Å². The standard InChI is InChI=1S/C14H21FN2O2S/c1-10(11-5-3-2-4-6-11)17-20(18,19)14-9-12(15)7-8-13(14)16/h7-11,17H,2-6,16H2,1H3. The lowest BCUT2D eigenvalue weighted by Crippen LogP contribution is -2.39. The average molecular weight is 300 g/mol. The van der Waals surface area contributed by atoms with Crippen LogP contribution < -0.4 is 10.5 Å². The van der Waals surface area contributed by atoms with Crippen LogP contribution in [0.4, 0.5) is 10.1 Å². The van der Waals surface area contributed by atoms with Crippen molar-refractivity contribution in [3.63, 3.8) is 0 Å². The van der Waals surface area contributed by atoms with Crippen molar-refractivity contribution in [3.05, 3.63) is 24.0 Å². The summed E-state index contributed by atoms with van der Waals surface area (Å²) < 4.78 is 40.5. The second-order valence-corrected chi connectivity index (χ2v) is 7.17. The normalized spacial score (nSPS) is 18.9. The van der Waals surface area contributed by atoms with Crippen LogP contribution in [-0.2, 0) is 10.0 Å². The highest BCUT2D eigenvalue weighted by Gasteiger charge is 2.26. The Morgan fingerprint density at radius 1 is 1.30 bits per heavy atom. The molecule has 0 heterocycles. The predicted molar refractivity (Wildman–Crippen MR) is 77.2 cm³/mol. The van der Waals surface area contributed by atoms with Crippen LogP contribution in [0.15, 0.2) is 23.1 Å². The number of nitrogens with two attached hydrogens (primary N) is 1. The van der Waals surface area contributed by atoms with E-state index in [0.717, 1.165) is 37.8 Å². The van der Waals surface area contributed by atoms with E-state index < -0.39 is 15.8 Å². The zero-order chi connectivity index (χ0) is 14.8. The molecule has 112 valence electrons. The fourth-order valence-electron chi connectivity index (χ4n) is 2.78. The van der Waals surface area contributed by atoms with Gasteiger partial charge in [-0.15, -0.1) is 0 Å². The molecule has 1 unspecified atom stereocenters. The van der Waals surface area contributed by atoms with Gasteiger partial charge in [-0.25, -0.2) is 17.5 Å². The third-order valence-electron chi connectivity index (χ3n) is 3.96. The Labute approximate surface area is 119 Å². The number of anilines is 1. The lowest BCUT2D eigenvalue weighted by molar-refractivity contribution is 0.303. The molecule has 0 bridgehead atoms. The van der Waals surface area contributed by atoms with Gasteiger partial charge in [-0.2, -0.15) is 0 Å². The summed E-state index contributed by atoms with van der Waals surface area (Å²) in [6.07, 6.45) is 5.55. The molecule has 6 heteroatoms. The van der Waals surface area contributed by atoms with Crippen LogP contribution in [0.25, 0.3) is 0 Å². The van der Waals surface area contributed by atoms with Crippen LogP contribution in [0.5, 0.6) is 0 Å². The van der Waals surface area contributed by atoms with Gasteiger partial charge in [-0.1, -0.05) is 19.3 Å². The fraction of sp³-hybridized carbons (Fsp3) is 0.571. The van der Waals surface area contributed by atoms with Crippen molar-refractivity contribution in [1.82, 2.24) is 4.72 Å². The highest BCUT2D eigenvalue weighted by Crippen LogP contribution is 2.28. The zero-order valence-electron chi connectivity index (χ0n) is 11.6. The summed E-state index contributed by atoms with van der Waals surface area (Å²) in [6, 6.07) is 3.22. The maximum absolute atomic E-state index is 13.2. The molecule has 1 aliphatic rings. The Hall–Kier alpha value is -1.14. The van der Waals surface area contributed by atoms with Crippen LogP contribution in [0, 0.1) is 11.7 Å². The highest BCUT2D eigenvalue weighted by molar-refractivity contribution is 7.89. The van der Waals surface area contributed by atoms with Gasteiger partial charge in [0.1, 0.15) is 10.7 Å². The summed E-state index contributed by atoms with van der Waals surface area (Å²) in [5.74, 6) is -0.266. The SMILES string of the molecule is CC(NS(=O)(=O)c1cc(F)ccc1N)C1CCCCC1. The monoisotopic (exact) mass is 300 g/mol. The van der Waals surface area contributed by atoms with Crippen LogP contribution in [-0.4, -0.2) is 14.5 Å². The molecule has 1 aromatic carbocycles. The Balaban J connectivity index is 2.16. The number of hydrogen-bond donors (Lipinski definition) is 2. The first kappa shape index (κ1) is 15.3. The molecular weight excluding hydrogens is 279 g/mol. The van der Waals surface area contributed by atoms with E-state index in [4.69, 9.17) is 5.73 Å². The molecule has 1 saturated carbocycles. The quantitative estimate of drug-likeness (QED) is 0.840. The number of rotatable bonds is 4. The van der Waals surface area contributed by atoms with E-state index in [-0.39, 0.29) is 16.6 Å². The summed E-state index contributed by atoms with van der Waals surface area (Å²) in [7, 11) is -3.78.